The maximum Gasteiger partial charge on any atom is 0.231 e. The van der Waals surface area contributed by atoms with Crippen molar-refractivity contribution in [3.8, 4) is 11.5 Å². The molecule has 0 amide bonds. The number of benzene rings is 1. The number of hydrogen-bond acceptors (Lipinski definition) is 5. The van der Waals surface area contributed by atoms with Crippen LogP contribution in [0.5, 0.6) is 11.5 Å². The Hall–Kier alpha value is -2.54. The molecule has 0 unspecified atom stereocenters. The van der Waals surface area contributed by atoms with Crippen LogP contribution in [0.4, 0.5) is 0 Å². The maximum atomic E-state index is 5.49. The van der Waals surface area contributed by atoms with Crippen LogP contribution in [0, 0.1) is 0 Å². The normalized spacial score (nSPS) is 19.0. The number of fused-ring (bicyclic) bond motifs is 2. The summed E-state index contributed by atoms with van der Waals surface area (Å²) in [5.74, 6) is 2.96. The van der Waals surface area contributed by atoms with Crippen molar-refractivity contribution in [3.05, 3.63) is 35.8 Å². The van der Waals surface area contributed by atoms with Crippen LogP contribution in [0.15, 0.2) is 24.4 Å². The van der Waals surface area contributed by atoms with Gasteiger partial charge in [-0.25, -0.2) is 9.67 Å². The number of aromatic nitrogens is 4. The van der Waals surface area contributed by atoms with Crippen molar-refractivity contribution in [1.82, 2.24) is 24.6 Å². The minimum absolute atomic E-state index is 0.281. The first-order chi connectivity index (χ1) is 13.2. The van der Waals surface area contributed by atoms with Gasteiger partial charge in [0.25, 0.3) is 0 Å². The number of imidazole rings is 1. The lowest BCUT2D eigenvalue weighted by atomic mass is 10.0. The van der Waals surface area contributed by atoms with Gasteiger partial charge in [-0.05, 0) is 57.1 Å². The Labute approximate surface area is 158 Å². The van der Waals surface area contributed by atoms with Gasteiger partial charge in [-0.1, -0.05) is 13.0 Å². The second-order valence-electron chi connectivity index (χ2n) is 7.78. The molecule has 142 valence electrons. The van der Waals surface area contributed by atoms with Gasteiger partial charge in [0.2, 0.25) is 6.79 Å². The van der Waals surface area contributed by atoms with Crippen molar-refractivity contribution in [3.63, 3.8) is 0 Å². The average molecular weight is 367 g/mol. The largest absolute Gasteiger partial charge is 0.454 e. The molecular weight excluding hydrogens is 342 g/mol. The van der Waals surface area contributed by atoms with E-state index in [9.17, 15) is 0 Å². The Morgan fingerprint density at radius 3 is 2.89 bits per heavy atom. The predicted octanol–water partition coefficient (Wildman–Crippen LogP) is 3.10. The third-order valence-corrected chi connectivity index (χ3v) is 5.74. The average Bonchev–Trinajstić information content (AvgIpc) is 3.37. The fourth-order valence-corrected chi connectivity index (χ4v) is 4.09. The molecule has 5 rings (SSSR count). The van der Waals surface area contributed by atoms with Crippen LogP contribution in [0.25, 0.3) is 11.2 Å². The van der Waals surface area contributed by atoms with Crippen LogP contribution in [-0.4, -0.2) is 51.6 Å². The molecule has 0 saturated carbocycles. The van der Waals surface area contributed by atoms with Crippen molar-refractivity contribution < 1.29 is 9.47 Å². The zero-order chi connectivity index (χ0) is 18.4. The Morgan fingerprint density at radius 2 is 2.04 bits per heavy atom. The summed E-state index contributed by atoms with van der Waals surface area (Å²) in [5.41, 5.74) is 3.24. The number of rotatable bonds is 4. The lowest BCUT2D eigenvalue weighted by Gasteiger charge is -2.28. The summed E-state index contributed by atoms with van der Waals surface area (Å²) in [6, 6.07) is 6.61. The molecule has 4 heterocycles. The van der Waals surface area contributed by atoms with Crippen molar-refractivity contribution in [2.75, 3.05) is 26.9 Å². The van der Waals surface area contributed by atoms with Crippen LogP contribution < -0.4 is 9.47 Å². The Morgan fingerprint density at radius 1 is 1.22 bits per heavy atom. The number of nitrogens with zero attached hydrogens (tertiary/aromatic N) is 4. The van der Waals surface area contributed by atoms with Gasteiger partial charge >= 0.3 is 0 Å². The molecule has 0 spiro atoms. The summed E-state index contributed by atoms with van der Waals surface area (Å²) in [7, 11) is 2.18. The molecule has 1 fully saturated rings. The fraction of sp³-hybridized carbons (Fsp3) is 0.500. The van der Waals surface area contributed by atoms with Crippen molar-refractivity contribution in [2.45, 2.75) is 38.1 Å². The van der Waals surface area contributed by atoms with Gasteiger partial charge in [0, 0.05) is 5.92 Å². The van der Waals surface area contributed by atoms with E-state index in [-0.39, 0.29) is 5.92 Å². The molecule has 7 heteroatoms. The molecule has 0 aliphatic carbocycles. The number of H-pyrrole nitrogens is 1. The molecule has 2 aromatic heterocycles. The number of ether oxygens (including phenoxy) is 2. The highest BCUT2D eigenvalue weighted by Crippen LogP contribution is 2.34. The van der Waals surface area contributed by atoms with E-state index >= 15 is 0 Å². The smallest absolute Gasteiger partial charge is 0.231 e. The number of nitrogens with one attached hydrogen (secondary N) is 1. The quantitative estimate of drug-likeness (QED) is 0.767. The third kappa shape index (κ3) is 3.06. The predicted molar refractivity (Wildman–Crippen MR) is 102 cm³/mol. The number of hydrogen-bond donors (Lipinski definition) is 1. The molecule has 1 atom stereocenters. The Kier molecular flexibility index (Phi) is 4.04. The molecule has 1 N–H and O–H groups in total. The second kappa shape index (κ2) is 6.56. The van der Waals surface area contributed by atoms with Crippen molar-refractivity contribution in [1.29, 1.82) is 0 Å². The second-order valence-corrected chi connectivity index (χ2v) is 7.78. The van der Waals surface area contributed by atoms with Gasteiger partial charge in [-0.2, -0.15) is 5.10 Å². The molecule has 2 aliphatic heterocycles. The van der Waals surface area contributed by atoms with Gasteiger partial charge < -0.3 is 19.4 Å². The van der Waals surface area contributed by atoms with Crippen molar-refractivity contribution >= 4 is 11.2 Å². The van der Waals surface area contributed by atoms with Crippen LogP contribution in [0.1, 0.15) is 43.1 Å². The van der Waals surface area contributed by atoms with Crippen LogP contribution in [0.2, 0.25) is 0 Å². The molecule has 27 heavy (non-hydrogen) atoms. The Bertz CT molecular complexity index is 955. The van der Waals surface area contributed by atoms with Gasteiger partial charge in [0.15, 0.2) is 17.1 Å². The first-order valence-corrected chi connectivity index (χ1v) is 9.67. The topological polar surface area (TPSA) is 68.2 Å². The first-order valence-electron chi connectivity index (χ1n) is 9.67. The molecule has 0 radical (unpaired) electrons. The molecule has 2 aliphatic rings. The lowest BCUT2D eigenvalue weighted by molar-refractivity contribution is 0.174. The van der Waals surface area contributed by atoms with E-state index in [1.54, 1.807) is 0 Å². The minimum Gasteiger partial charge on any atom is -0.454 e. The number of likely N-dealkylation sites (tertiary alicyclic amines) is 1. The maximum absolute atomic E-state index is 5.49. The van der Waals surface area contributed by atoms with E-state index in [1.807, 2.05) is 12.3 Å². The third-order valence-electron chi connectivity index (χ3n) is 5.74. The molecule has 0 bridgehead atoms. The van der Waals surface area contributed by atoms with Gasteiger partial charge in [-0.3, -0.25) is 0 Å². The summed E-state index contributed by atoms with van der Waals surface area (Å²) in [6.45, 7) is 4.74. The summed E-state index contributed by atoms with van der Waals surface area (Å²) in [6.07, 6.45) is 5.07. The van der Waals surface area contributed by atoms with E-state index < -0.39 is 0 Å². The zero-order valence-corrected chi connectivity index (χ0v) is 15.8. The molecule has 1 saturated heterocycles. The minimum atomic E-state index is 0.281. The van der Waals surface area contributed by atoms with Crippen LogP contribution in [-0.2, 0) is 6.42 Å². The van der Waals surface area contributed by atoms with Gasteiger partial charge in [-0.15, -0.1) is 0 Å². The van der Waals surface area contributed by atoms with E-state index in [1.165, 1.54) is 5.56 Å². The van der Waals surface area contributed by atoms with E-state index in [2.05, 4.69) is 45.8 Å². The summed E-state index contributed by atoms with van der Waals surface area (Å²) in [4.78, 5) is 10.8. The van der Waals surface area contributed by atoms with E-state index in [0.29, 0.717) is 12.8 Å². The number of piperidine rings is 1. The molecule has 3 aromatic rings. The first kappa shape index (κ1) is 16.6. The Balaban J connectivity index is 1.35. The molecule has 1 aromatic carbocycles. The monoisotopic (exact) mass is 367 g/mol. The van der Waals surface area contributed by atoms with E-state index in [4.69, 9.17) is 14.5 Å². The van der Waals surface area contributed by atoms with E-state index in [0.717, 1.165) is 60.8 Å². The molecule has 7 nitrogen and oxygen atoms in total. The number of aromatic amines is 1. The lowest BCUT2D eigenvalue weighted by Crippen LogP contribution is -2.31. The highest BCUT2D eigenvalue weighted by Gasteiger charge is 2.23. The summed E-state index contributed by atoms with van der Waals surface area (Å²) < 4.78 is 13.0. The van der Waals surface area contributed by atoms with Gasteiger partial charge in [0.1, 0.15) is 11.3 Å². The van der Waals surface area contributed by atoms with Crippen LogP contribution in [0.3, 0.4) is 0 Å². The molecular formula is C20H25N5O2. The summed E-state index contributed by atoms with van der Waals surface area (Å²) in [5, 5.41) is 4.60. The standard InChI is InChI=1S/C20H25N5O2/c1-13(9-14-3-4-17-18(10-14)27-12-26-17)19-22-16-11-21-25(20(16)23-19)15-5-7-24(2)8-6-15/h3-4,10-11,13,15H,5-9,12H2,1-2H3,(H,22,23)/t13-/m0/s1. The summed E-state index contributed by atoms with van der Waals surface area (Å²) >= 11 is 0. The SMILES string of the molecule is C[C@@H](Cc1ccc2c(c1)OCO2)c1nc2c(cnn2C2CCN(C)CC2)[nH]1. The zero-order valence-electron chi connectivity index (χ0n) is 15.8. The fourth-order valence-electron chi connectivity index (χ4n) is 4.09. The van der Waals surface area contributed by atoms with Crippen molar-refractivity contribution in [2.24, 2.45) is 0 Å². The van der Waals surface area contributed by atoms with Crippen LogP contribution >= 0.6 is 0 Å². The highest BCUT2D eigenvalue weighted by molar-refractivity contribution is 5.70. The van der Waals surface area contributed by atoms with Gasteiger partial charge in [0.05, 0.1) is 12.2 Å². The highest BCUT2D eigenvalue weighted by atomic mass is 16.7.